The topological polar surface area (TPSA) is 21.3 Å². The molecule has 0 aliphatic heterocycles. The van der Waals surface area contributed by atoms with Crippen LogP contribution in [0.4, 0.5) is 10.1 Å². The van der Waals surface area contributed by atoms with Crippen molar-refractivity contribution in [3.8, 4) is 5.75 Å². The molecule has 0 aromatic heterocycles. The van der Waals surface area contributed by atoms with Crippen LogP contribution in [0.1, 0.15) is 6.42 Å². The summed E-state index contributed by atoms with van der Waals surface area (Å²) in [6.07, 6.45) is 3.18. The number of anilines is 1. The largest absolute Gasteiger partial charge is 0.494 e. The van der Waals surface area contributed by atoms with Crippen molar-refractivity contribution in [3.63, 3.8) is 0 Å². The highest BCUT2D eigenvalue weighted by molar-refractivity contribution is 7.98. The average molecular weight is 229 g/mol. The predicted molar refractivity (Wildman–Crippen MR) is 64.4 cm³/mol. The Hall–Kier alpha value is -0.900. The van der Waals surface area contributed by atoms with Crippen molar-refractivity contribution in [2.75, 3.05) is 31.0 Å². The Kier molecular flexibility index (Phi) is 5.32. The first-order valence-corrected chi connectivity index (χ1v) is 6.23. The molecular formula is C11H16FNOS. The van der Waals surface area contributed by atoms with Crippen molar-refractivity contribution in [3.05, 3.63) is 24.0 Å². The summed E-state index contributed by atoms with van der Waals surface area (Å²) in [5, 5.41) is 3.22. The zero-order valence-electron chi connectivity index (χ0n) is 9.05. The van der Waals surface area contributed by atoms with Gasteiger partial charge in [-0.15, -0.1) is 0 Å². The normalized spacial score (nSPS) is 10.1. The molecule has 0 aliphatic carbocycles. The summed E-state index contributed by atoms with van der Waals surface area (Å²) < 4.78 is 18.0. The van der Waals surface area contributed by atoms with Crippen LogP contribution in [0.5, 0.6) is 5.75 Å². The fourth-order valence-corrected chi connectivity index (χ4v) is 1.65. The van der Waals surface area contributed by atoms with Crippen LogP contribution >= 0.6 is 11.8 Å². The van der Waals surface area contributed by atoms with Gasteiger partial charge in [0.25, 0.3) is 0 Å². The second-order valence-electron chi connectivity index (χ2n) is 3.12. The Labute approximate surface area is 94.2 Å². The summed E-state index contributed by atoms with van der Waals surface area (Å²) in [5.74, 6) is 1.09. The van der Waals surface area contributed by atoms with Gasteiger partial charge in [-0.05, 0) is 30.6 Å². The number of thioether (sulfide) groups is 1. The molecule has 1 N–H and O–H groups in total. The minimum absolute atomic E-state index is 0.282. The van der Waals surface area contributed by atoms with Crippen LogP contribution in [0.3, 0.4) is 0 Å². The fraction of sp³-hybridized carbons (Fsp3) is 0.455. The standard InChI is InChI=1S/C11H16FNOS/c1-14-11-8-9(4-5-10(11)12)13-6-3-7-15-2/h4-5,8,13H,3,6-7H2,1-2H3. The molecule has 0 fully saturated rings. The number of methoxy groups -OCH3 is 1. The molecule has 0 aliphatic rings. The van der Waals surface area contributed by atoms with Gasteiger partial charge < -0.3 is 10.1 Å². The van der Waals surface area contributed by atoms with Gasteiger partial charge in [-0.2, -0.15) is 11.8 Å². The Morgan fingerprint density at radius 2 is 2.27 bits per heavy atom. The molecule has 15 heavy (non-hydrogen) atoms. The predicted octanol–water partition coefficient (Wildman–Crippen LogP) is 3.00. The van der Waals surface area contributed by atoms with E-state index in [0.717, 1.165) is 24.4 Å². The zero-order chi connectivity index (χ0) is 11.1. The molecule has 4 heteroatoms. The molecule has 0 radical (unpaired) electrons. The second-order valence-corrected chi connectivity index (χ2v) is 4.11. The van der Waals surface area contributed by atoms with E-state index < -0.39 is 0 Å². The Morgan fingerprint density at radius 1 is 1.47 bits per heavy atom. The molecule has 1 aromatic carbocycles. The molecule has 0 amide bonds. The lowest BCUT2D eigenvalue weighted by Gasteiger charge is -2.08. The molecule has 0 saturated heterocycles. The molecule has 0 unspecified atom stereocenters. The van der Waals surface area contributed by atoms with E-state index in [9.17, 15) is 4.39 Å². The fourth-order valence-electron chi connectivity index (χ4n) is 1.22. The van der Waals surface area contributed by atoms with Crippen molar-refractivity contribution in [2.45, 2.75) is 6.42 Å². The van der Waals surface area contributed by atoms with Gasteiger partial charge in [0, 0.05) is 18.3 Å². The van der Waals surface area contributed by atoms with Crippen molar-refractivity contribution in [2.24, 2.45) is 0 Å². The van der Waals surface area contributed by atoms with Gasteiger partial charge in [0.1, 0.15) is 0 Å². The molecule has 1 rings (SSSR count). The van der Waals surface area contributed by atoms with Crippen LogP contribution in [0, 0.1) is 5.82 Å². The third kappa shape index (κ3) is 4.00. The second kappa shape index (κ2) is 6.56. The first-order chi connectivity index (χ1) is 7.27. The molecular weight excluding hydrogens is 213 g/mol. The lowest BCUT2D eigenvalue weighted by molar-refractivity contribution is 0.387. The van der Waals surface area contributed by atoms with Crippen LogP contribution in [0.2, 0.25) is 0 Å². The van der Waals surface area contributed by atoms with Crippen LogP contribution in [-0.4, -0.2) is 25.7 Å². The number of hydrogen-bond acceptors (Lipinski definition) is 3. The van der Waals surface area contributed by atoms with E-state index in [0.29, 0.717) is 0 Å². The van der Waals surface area contributed by atoms with E-state index in [1.165, 1.54) is 13.2 Å². The summed E-state index contributed by atoms with van der Waals surface area (Å²) in [7, 11) is 1.47. The molecule has 0 heterocycles. The summed E-state index contributed by atoms with van der Waals surface area (Å²) >= 11 is 1.82. The number of nitrogens with one attached hydrogen (secondary N) is 1. The molecule has 1 aromatic rings. The maximum absolute atomic E-state index is 13.1. The maximum atomic E-state index is 13.1. The maximum Gasteiger partial charge on any atom is 0.165 e. The number of halogens is 1. The van der Waals surface area contributed by atoms with Crippen molar-refractivity contribution < 1.29 is 9.13 Å². The van der Waals surface area contributed by atoms with E-state index in [1.807, 2.05) is 11.8 Å². The van der Waals surface area contributed by atoms with Gasteiger partial charge in [-0.3, -0.25) is 0 Å². The van der Waals surface area contributed by atoms with E-state index >= 15 is 0 Å². The molecule has 0 saturated carbocycles. The van der Waals surface area contributed by atoms with E-state index in [-0.39, 0.29) is 11.6 Å². The average Bonchev–Trinajstić information content (AvgIpc) is 2.26. The number of benzene rings is 1. The SMILES string of the molecule is COc1cc(NCCCSC)ccc1F. The van der Waals surface area contributed by atoms with E-state index in [4.69, 9.17) is 4.74 Å². The highest BCUT2D eigenvalue weighted by Crippen LogP contribution is 2.21. The molecule has 84 valence electrons. The monoisotopic (exact) mass is 229 g/mol. The molecule has 0 bridgehead atoms. The van der Waals surface area contributed by atoms with Gasteiger partial charge >= 0.3 is 0 Å². The molecule has 0 atom stereocenters. The lowest BCUT2D eigenvalue weighted by atomic mass is 10.3. The van der Waals surface area contributed by atoms with Crippen molar-refractivity contribution in [1.29, 1.82) is 0 Å². The highest BCUT2D eigenvalue weighted by Gasteiger charge is 2.02. The van der Waals surface area contributed by atoms with Gasteiger partial charge in [0.2, 0.25) is 0 Å². The Morgan fingerprint density at radius 3 is 2.93 bits per heavy atom. The molecule has 0 spiro atoms. The zero-order valence-corrected chi connectivity index (χ0v) is 9.86. The van der Waals surface area contributed by atoms with Gasteiger partial charge in [-0.1, -0.05) is 0 Å². The van der Waals surface area contributed by atoms with E-state index in [2.05, 4.69) is 11.6 Å². The summed E-state index contributed by atoms with van der Waals surface area (Å²) in [6.45, 7) is 0.898. The van der Waals surface area contributed by atoms with Crippen LogP contribution < -0.4 is 10.1 Å². The van der Waals surface area contributed by atoms with Crippen LogP contribution in [-0.2, 0) is 0 Å². The number of ether oxygens (including phenoxy) is 1. The Balaban J connectivity index is 2.47. The first-order valence-electron chi connectivity index (χ1n) is 4.84. The number of rotatable bonds is 6. The van der Waals surface area contributed by atoms with Crippen LogP contribution in [0.15, 0.2) is 18.2 Å². The van der Waals surface area contributed by atoms with Gasteiger partial charge in [-0.25, -0.2) is 4.39 Å². The van der Waals surface area contributed by atoms with Gasteiger partial charge in [0.15, 0.2) is 11.6 Å². The quantitative estimate of drug-likeness (QED) is 0.758. The summed E-state index contributed by atoms with van der Waals surface area (Å²) in [4.78, 5) is 0. The highest BCUT2D eigenvalue weighted by atomic mass is 32.2. The smallest absolute Gasteiger partial charge is 0.165 e. The van der Waals surface area contributed by atoms with Crippen LogP contribution in [0.25, 0.3) is 0 Å². The van der Waals surface area contributed by atoms with Crippen molar-refractivity contribution >= 4 is 17.4 Å². The summed E-state index contributed by atoms with van der Waals surface area (Å²) in [5.41, 5.74) is 0.898. The lowest BCUT2D eigenvalue weighted by Crippen LogP contribution is -2.03. The summed E-state index contributed by atoms with van der Waals surface area (Å²) in [6, 6.07) is 4.81. The minimum Gasteiger partial charge on any atom is -0.494 e. The Bertz CT molecular complexity index is 307. The van der Waals surface area contributed by atoms with Gasteiger partial charge in [0.05, 0.1) is 7.11 Å². The number of hydrogen-bond donors (Lipinski definition) is 1. The van der Waals surface area contributed by atoms with E-state index in [1.54, 1.807) is 12.1 Å². The third-order valence-corrected chi connectivity index (χ3v) is 2.70. The molecule has 2 nitrogen and oxygen atoms in total. The van der Waals surface area contributed by atoms with Crippen molar-refractivity contribution in [1.82, 2.24) is 0 Å². The first kappa shape index (κ1) is 12.2. The third-order valence-electron chi connectivity index (χ3n) is 2.01. The minimum atomic E-state index is -0.327.